The Morgan fingerprint density at radius 2 is 1.66 bits per heavy atom. The molecule has 0 bridgehead atoms. The number of nitrogens with one attached hydrogen (secondary N) is 2. The number of hydrogen-bond acceptors (Lipinski definition) is 6. The molecule has 3 aromatic rings. The van der Waals surface area contributed by atoms with Crippen LogP contribution in [0.4, 0.5) is 11.4 Å². The molecule has 9 heteroatoms. The van der Waals surface area contributed by atoms with Crippen molar-refractivity contribution >= 4 is 57.9 Å². The molecule has 2 N–H and O–H groups in total. The lowest BCUT2D eigenvalue weighted by Gasteiger charge is -2.05. The number of halogens is 1. The molecule has 0 fully saturated rings. The summed E-state index contributed by atoms with van der Waals surface area (Å²) >= 11 is 8.58. The number of thiazole rings is 1. The number of methoxy groups -OCH3 is 1. The highest BCUT2D eigenvalue weighted by atomic mass is 35.5. The summed E-state index contributed by atoms with van der Waals surface area (Å²) in [6.07, 6.45) is 0.164. The Labute approximate surface area is 181 Å². The maximum absolute atomic E-state index is 12.1. The van der Waals surface area contributed by atoms with E-state index in [2.05, 4.69) is 15.6 Å². The molecular weight excluding hydrogens is 430 g/mol. The van der Waals surface area contributed by atoms with E-state index in [0.29, 0.717) is 22.1 Å². The zero-order valence-corrected chi connectivity index (χ0v) is 17.9. The molecule has 0 aliphatic rings. The summed E-state index contributed by atoms with van der Waals surface area (Å²) < 4.78 is 5.83. The van der Waals surface area contributed by atoms with E-state index >= 15 is 0 Å². The number of carbonyl (C=O) groups is 2. The van der Waals surface area contributed by atoms with Gasteiger partial charge < -0.3 is 15.4 Å². The van der Waals surface area contributed by atoms with Crippen LogP contribution in [0, 0.1) is 0 Å². The number of nitrogens with zero attached hydrogens (tertiary/aromatic N) is 1. The maximum Gasteiger partial charge on any atom is 0.234 e. The van der Waals surface area contributed by atoms with Gasteiger partial charge in [0.1, 0.15) is 5.75 Å². The van der Waals surface area contributed by atoms with Crippen molar-refractivity contribution in [3.8, 4) is 5.75 Å². The fraction of sp³-hybridized carbons (Fsp3) is 0.150. The van der Waals surface area contributed by atoms with Crippen LogP contribution in [0.25, 0.3) is 0 Å². The monoisotopic (exact) mass is 447 g/mol. The fourth-order valence-corrected chi connectivity index (χ4v) is 4.11. The number of ether oxygens (including phenoxy) is 1. The minimum absolute atomic E-state index is 0.127. The van der Waals surface area contributed by atoms with Gasteiger partial charge in [-0.3, -0.25) is 9.59 Å². The van der Waals surface area contributed by atoms with E-state index in [9.17, 15) is 9.59 Å². The van der Waals surface area contributed by atoms with Gasteiger partial charge in [-0.1, -0.05) is 23.4 Å². The first-order valence-corrected chi connectivity index (χ1v) is 10.8. The van der Waals surface area contributed by atoms with Crippen molar-refractivity contribution in [2.45, 2.75) is 10.8 Å². The molecule has 3 rings (SSSR count). The Hall–Kier alpha value is -2.55. The average Bonchev–Trinajstić information content (AvgIpc) is 3.16. The molecule has 0 atom stereocenters. The van der Waals surface area contributed by atoms with E-state index in [1.807, 2.05) is 5.38 Å². The third-order valence-electron chi connectivity index (χ3n) is 3.70. The molecule has 29 heavy (non-hydrogen) atoms. The number of benzene rings is 2. The normalized spacial score (nSPS) is 10.4. The Morgan fingerprint density at radius 3 is 2.31 bits per heavy atom. The van der Waals surface area contributed by atoms with Crippen LogP contribution in [0.3, 0.4) is 0 Å². The van der Waals surface area contributed by atoms with Gasteiger partial charge in [0.05, 0.1) is 25.0 Å². The van der Waals surface area contributed by atoms with E-state index < -0.39 is 0 Å². The van der Waals surface area contributed by atoms with Crippen LogP contribution in [-0.2, 0) is 16.0 Å². The van der Waals surface area contributed by atoms with Crippen LogP contribution in [0.15, 0.2) is 58.3 Å². The van der Waals surface area contributed by atoms with E-state index in [4.69, 9.17) is 16.3 Å². The average molecular weight is 448 g/mol. The minimum atomic E-state index is -0.161. The topological polar surface area (TPSA) is 80.3 Å². The molecule has 0 aliphatic heterocycles. The highest BCUT2D eigenvalue weighted by Gasteiger charge is 2.10. The second-order valence-electron chi connectivity index (χ2n) is 5.90. The summed E-state index contributed by atoms with van der Waals surface area (Å²) in [5.41, 5.74) is 2.05. The van der Waals surface area contributed by atoms with Gasteiger partial charge in [0.2, 0.25) is 11.8 Å². The molecule has 2 amide bonds. The molecule has 0 radical (unpaired) electrons. The standard InChI is InChI=1S/C20H18ClN3O3S2/c1-27-17-8-6-15(7-9-17)23-19(26)12-29-20-24-16(11-28-20)10-18(25)22-14-4-2-13(21)3-5-14/h2-9,11H,10,12H2,1H3,(H,22,25)(H,23,26). The molecule has 6 nitrogen and oxygen atoms in total. The lowest BCUT2D eigenvalue weighted by molar-refractivity contribution is -0.116. The summed E-state index contributed by atoms with van der Waals surface area (Å²) in [7, 11) is 1.59. The van der Waals surface area contributed by atoms with E-state index in [1.54, 1.807) is 55.6 Å². The van der Waals surface area contributed by atoms with Crippen LogP contribution in [0.2, 0.25) is 5.02 Å². The van der Waals surface area contributed by atoms with Gasteiger partial charge in [-0.05, 0) is 48.5 Å². The van der Waals surface area contributed by atoms with Crippen LogP contribution in [0.5, 0.6) is 5.75 Å². The molecule has 0 spiro atoms. The van der Waals surface area contributed by atoms with Crippen molar-refractivity contribution in [1.82, 2.24) is 4.98 Å². The second kappa shape index (κ2) is 10.3. The number of aromatic nitrogens is 1. The third kappa shape index (κ3) is 6.77. The van der Waals surface area contributed by atoms with Gasteiger partial charge >= 0.3 is 0 Å². The van der Waals surface area contributed by atoms with E-state index in [-0.39, 0.29) is 24.0 Å². The summed E-state index contributed by atoms with van der Waals surface area (Å²) in [6, 6.07) is 14.0. The molecule has 1 heterocycles. The van der Waals surface area contributed by atoms with Gasteiger partial charge in [0, 0.05) is 21.8 Å². The van der Waals surface area contributed by atoms with Crippen LogP contribution in [-0.4, -0.2) is 29.7 Å². The van der Waals surface area contributed by atoms with Gasteiger partial charge in [-0.15, -0.1) is 11.3 Å². The van der Waals surface area contributed by atoms with Crippen molar-refractivity contribution in [3.05, 3.63) is 64.6 Å². The Kier molecular flexibility index (Phi) is 7.51. The van der Waals surface area contributed by atoms with Crippen molar-refractivity contribution in [2.75, 3.05) is 23.5 Å². The van der Waals surface area contributed by atoms with Crippen LogP contribution in [0.1, 0.15) is 5.69 Å². The van der Waals surface area contributed by atoms with Crippen molar-refractivity contribution in [3.63, 3.8) is 0 Å². The Morgan fingerprint density at radius 1 is 1.03 bits per heavy atom. The maximum atomic E-state index is 12.1. The Bertz CT molecular complexity index is 975. The highest BCUT2D eigenvalue weighted by Crippen LogP contribution is 2.24. The van der Waals surface area contributed by atoms with Crippen molar-refractivity contribution in [1.29, 1.82) is 0 Å². The molecule has 1 aromatic heterocycles. The Balaban J connectivity index is 1.44. The number of rotatable bonds is 8. The highest BCUT2D eigenvalue weighted by molar-refractivity contribution is 8.01. The number of anilines is 2. The molecule has 2 aromatic carbocycles. The number of hydrogen-bond donors (Lipinski definition) is 2. The first kappa shape index (κ1) is 21.2. The zero-order chi connectivity index (χ0) is 20.6. The predicted octanol–water partition coefficient (Wildman–Crippen LogP) is 4.72. The number of amides is 2. The lowest BCUT2D eigenvalue weighted by Crippen LogP contribution is -2.14. The third-order valence-corrected chi connectivity index (χ3v) is 6.02. The largest absolute Gasteiger partial charge is 0.497 e. The molecule has 0 unspecified atom stereocenters. The molecule has 0 saturated heterocycles. The molecule has 0 aliphatic carbocycles. The second-order valence-corrected chi connectivity index (χ2v) is 8.42. The van der Waals surface area contributed by atoms with E-state index in [0.717, 1.165) is 10.1 Å². The lowest BCUT2D eigenvalue weighted by atomic mass is 10.3. The zero-order valence-electron chi connectivity index (χ0n) is 15.5. The summed E-state index contributed by atoms with van der Waals surface area (Å²) in [6.45, 7) is 0. The first-order chi connectivity index (χ1) is 14.0. The summed E-state index contributed by atoms with van der Waals surface area (Å²) in [5, 5.41) is 8.06. The summed E-state index contributed by atoms with van der Waals surface area (Å²) in [4.78, 5) is 28.6. The van der Waals surface area contributed by atoms with Crippen molar-refractivity contribution < 1.29 is 14.3 Å². The van der Waals surface area contributed by atoms with Crippen molar-refractivity contribution in [2.24, 2.45) is 0 Å². The molecular formula is C20H18ClN3O3S2. The molecule has 0 saturated carbocycles. The first-order valence-electron chi connectivity index (χ1n) is 8.58. The van der Waals surface area contributed by atoms with Gasteiger partial charge in [0.25, 0.3) is 0 Å². The SMILES string of the molecule is COc1ccc(NC(=O)CSc2nc(CC(=O)Nc3ccc(Cl)cc3)cs2)cc1. The van der Waals surface area contributed by atoms with Gasteiger partial charge in [-0.2, -0.15) is 0 Å². The minimum Gasteiger partial charge on any atom is -0.497 e. The van der Waals surface area contributed by atoms with Gasteiger partial charge in [-0.25, -0.2) is 4.98 Å². The smallest absolute Gasteiger partial charge is 0.234 e. The number of thioether (sulfide) groups is 1. The van der Waals surface area contributed by atoms with E-state index in [1.165, 1.54) is 23.1 Å². The molecule has 150 valence electrons. The van der Waals surface area contributed by atoms with Crippen LogP contribution < -0.4 is 15.4 Å². The van der Waals surface area contributed by atoms with Crippen LogP contribution >= 0.6 is 34.7 Å². The quantitative estimate of drug-likeness (QED) is 0.488. The number of carbonyl (C=O) groups excluding carboxylic acids is 2. The predicted molar refractivity (Wildman–Crippen MR) is 118 cm³/mol. The fourth-order valence-electron chi connectivity index (χ4n) is 2.34. The van der Waals surface area contributed by atoms with Gasteiger partial charge in [0.15, 0.2) is 4.34 Å². The summed E-state index contributed by atoms with van der Waals surface area (Å²) in [5.74, 6) is 0.673.